The Morgan fingerprint density at radius 3 is 2.26 bits per heavy atom. The molecule has 8 atom stereocenters. The van der Waals surface area contributed by atoms with Crippen molar-refractivity contribution in [3.8, 4) is 0 Å². The van der Waals surface area contributed by atoms with Crippen molar-refractivity contribution < 1.29 is 36.6 Å². The van der Waals surface area contributed by atoms with Gasteiger partial charge in [-0.1, -0.05) is 27.7 Å². The number of carbonyl (C=O) groups excluding carboxylic acids is 4. The van der Waals surface area contributed by atoms with Crippen LogP contribution in [0.25, 0.3) is 0 Å². The maximum absolute atomic E-state index is 13.0. The first-order valence-corrected chi connectivity index (χ1v) is 12.8. The number of ether oxygens (including phenoxy) is 3. The van der Waals surface area contributed by atoms with Crippen LogP contribution in [0.3, 0.4) is 0 Å². The zero-order valence-corrected chi connectivity index (χ0v) is 24.0. The van der Waals surface area contributed by atoms with Gasteiger partial charge in [0.15, 0.2) is 0 Å². The summed E-state index contributed by atoms with van der Waals surface area (Å²) in [5.41, 5.74) is 2.58. The summed E-state index contributed by atoms with van der Waals surface area (Å²) in [5.74, 6) is -5.03. The summed E-state index contributed by atoms with van der Waals surface area (Å²) in [6.07, 6.45) is 0.141. The smallest absolute Gasteiger partial charge is 0.317 e. The van der Waals surface area contributed by atoms with Gasteiger partial charge in [-0.15, -0.1) is 0 Å². The number of nitrogens with one attached hydrogen (secondary N) is 1. The molecule has 0 aromatic heterocycles. The number of hydrogen-bond donors (Lipinski definition) is 1. The van der Waals surface area contributed by atoms with Gasteiger partial charge in [0.2, 0.25) is 0 Å². The molecule has 0 saturated carbocycles. The number of cyclic esters (lactones) is 1. The minimum atomic E-state index is -0.985. The van der Waals surface area contributed by atoms with E-state index < -0.39 is 41.7 Å². The number of esters is 2. The van der Waals surface area contributed by atoms with Crippen LogP contribution >= 0.6 is 23.0 Å². The van der Waals surface area contributed by atoms with Gasteiger partial charge in [0.05, 0.1) is 6.10 Å². The fourth-order valence-corrected chi connectivity index (χ4v) is 4.62. The normalized spacial score (nSPS) is 24.7. The number of halogens is 1. The van der Waals surface area contributed by atoms with Crippen molar-refractivity contribution in [1.82, 2.24) is 5.48 Å². The lowest BCUT2D eigenvalue weighted by Crippen LogP contribution is -2.43. The van der Waals surface area contributed by atoms with E-state index in [-0.39, 0.29) is 41.9 Å². The monoisotopic (exact) mass is 610 g/mol. The van der Waals surface area contributed by atoms with E-state index in [1.54, 1.807) is 44.0 Å². The number of nitrogens with zero attached hydrogens (tertiary/aromatic N) is 1. The van der Waals surface area contributed by atoms with Gasteiger partial charge in [0.1, 0.15) is 65.0 Å². The molecule has 11 heteroatoms. The summed E-state index contributed by atoms with van der Waals surface area (Å²) < 4.78 is 21.1. The second-order valence-corrected chi connectivity index (χ2v) is 9.70. The first kappa shape index (κ1) is 31.4. The van der Waals surface area contributed by atoms with Gasteiger partial charge in [-0.05, 0) is 26.7 Å². The van der Waals surface area contributed by atoms with Crippen molar-refractivity contribution in [2.24, 2.45) is 40.5 Å². The van der Waals surface area contributed by atoms with Crippen LogP contribution in [0.2, 0.25) is 0 Å². The van der Waals surface area contributed by atoms with Crippen LogP contribution in [0.4, 0.5) is 0 Å². The summed E-state index contributed by atoms with van der Waals surface area (Å²) in [6.45, 7) is 10.3. The Morgan fingerprint density at radius 2 is 1.74 bits per heavy atom. The van der Waals surface area contributed by atoms with Crippen molar-refractivity contribution in [3.63, 3.8) is 0 Å². The van der Waals surface area contributed by atoms with Crippen LogP contribution in [0.5, 0.6) is 0 Å². The van der Waals surface area contributed by atoms with Crippen LogP contribution in [-0.2, 0) is 36.6 Å². The van der Waals surface area contributed by atoms with Crippen LogP contribution in [0.1, 0.15) is 54.4 Å². The summed E-state index contributed by atoms with van der Waals surface area (Å²) in [7, 11) is 3.06. The van der Waals surface area contributed by atoms with Crippen molar-refractivity contribution in [2.45, 2.75) is 66.6 Å². The average Bonchev–Trinajstić information content (AvgIpc) is 3.18. The minimum absolute atomic E-state index is 0.0207. The number of ketones is 2. The molecule has 0 aliphatic carbocycles. The first-order valence-electron chi connectivity index (χ1n) is 11.9. The molecule has 0 aromatic rings. The second-order valence-electron chi connectivity index (χ2n) is 9.26. The molecule has 6 unspecified atom stereocenters. The number of Topliss-reactive ketones (excluding diaryl/α,β-unsaturated/α-hetero) is 2. The van der Waals surface area contributed by atoms with E-state index in [2.05, 4.69) is 10.5 Å². The van der Waals surface area contributed by atoms with Crippen LogP contribution in [0, 0.1) is 35.5 Å². The second kappa shape index (κ2) is 14.8. The lowest BCUT2D eigenvalue weighted by molar-refractivity contribution is -0.159. The zero-order valence-electron chi connectivity index (χ0n) is 21.8. The number of rotatable bonds is 14. The molecule has 10 nitrogen and oxygen atoms in total. The molecule has 0 amide bonds. The van der Waals surface area contributed by atoms with Crippen molar-refractivity contribution in [2.75, 3.05) is 20.8 Å². The molecule has 1 saturated heterocycles. The number of hydrogen-bond acceptors (Lipinski definition) is 9. The molecular formula is C24H39IN2O8. The maximum Gasteiger partial charge on any atom is 0.317 e. The van der Waals surface area contributed by atoms with Gasteiger partial charge in [-0.3, -0.25) is 24.2 Å². The minimum Gasteiger partial charge on any atom is -0.461 e. The Kier molecular flexibility index (Phi) is 13.3. The zero-order chi connectivity index (χ0) is 26.9. The SMILES string of the molecule is CC[C@@H](C)C(=O)C(C)C1C(COC(=O)C(C)C(=O)C(C)C[C@H](C)OC)OC(=O)C1C(=NC)NOI. The van der Waals surface area contributed by atoms with Crippen LogP contribution in [0.15, 0.2) is 4.99 Å². The Balaban J connectivity index is 3.05. The summed E-state index contributed by atoms with van der Waals surface area (Å²) in [4.78, 5) is 55.3. The van der Waals surface area contributed by atoms with Crippen LogP contribution < -0.4 is 5.48 Å². The van der Waals surface area contributed by atoms with Gasteiger partial charge in [0, 0.05) is 37.8 Å². The van der Waals surface area contributed by atoms with Crippen molar-refractivity contribution >= 4 is 52.3 Å². The molecule has 0 radical (unpaired) electrons. The quantitative estimate of drug-likeness (QED) is 0.0788. The molecule has 1 rings (SSSR count). The van der Waals surface area contributed by atoms with Gasteiger partial charge in [-0.25, -0.2) is 8.65 Å². The predicted octanol–water partition coefficient (Wildman–Crippen LogP) is 3.10. The Hall–Kier alpha value is -1.60. The number of methoxy groups -OCH3 is 1. The number of carbonyl (C=O) groups is 4. The molecule has 0 spiro atoms. The third kappa shape index (κ3) is 8.21. The molecule has 1 fully saturated rings. The summed E-state index contributed by atoms with van der Waals surface area (Å²) in [6, 6.07) is 0. The molecular weight excluding hydrogens is 571 g/mol. The van der Waals surface area contributed by atoms with Crippen molar-refractivity contribution in [3.05, 3.63) is 0 Å². The number of hydroxylamine groups is 1. The summed E-state index contributed by atoms with van der Waals surface area (Å²) >= 11 is 1.61. The molecule has 1 aliphatic rings. The average molecular weight is 610 g/mol. The highest BCUT2D eigenvalue weighted by Gasteiger charge is 2.52. The van der Waals surface area contributed by atoms with E-state index in [4.69, 9.17) is 17.4 Å². The van der Waals surface area contributed by atoms with Gasteiger partial charge in [0.25, 0.3) is 0 Å². The third-order valence-electron chi connectivity index (χ3n) is 6.88. The lowest BCUT2D eigenvalue weighted by atomic mass is 9.75. The Morgan fingerprint density at radius 1 is 1.11 bits per heavy atom. The molecule has 35 heavy (non-hydrogen) atoms. The van der Waals surface area contributed by atoms with Crippen LogP contribution in [-0.4, -0.2) is 62.3 Å². The largest absolute Gasteiger partial charge is 0.461 e. The molecule has 200 valence electrons. The topological polar surface area (TPSA) is 130 Å². The fraction of sp³-hybridized carbons (Fsp3) is 0.792. The highest BCUT2D eigenvalue weighted by Crippen LogP contribution is 2.37. The highest BCUT2D eigenvalue weighted by atomic mass is 127. The van der Waals surface area contributed by atoms with Crippen molar-refractivity contribution in [1.29, 1.82) is 0 Å². The third-order valence-corrected chi connectivity index (χ3v) is 7.10. The van der Waals surface area contributed by atoms with E-state index in [1.165, 1.54) is 14.0 Å². The molecule has 1 aliphatic heterocycles. The molecule has 1 N–H and O–H groups in total. The molecule has 0 bridgehead atoms. The Bertz CT molecular complexity index is 789. The predicted molar refractivity (Wildman–Crippen MR) is 137 cm³/mol. The van der Waals surface area contributed by atoms with Gasteiger partial charge < -0.3 is 14.2 Å². The van der Waals surface area contributed by atoms with Gasteiger partial charge in [-0.2, -0.15) is 0 Å². The fourth-order valence-electron chi connectivity index (χ4n) is 4.39. The van der Waals surface area contributed by atoms with E-state index in [0.29, 0.717) is 12.8 Å². The van der Waals surface area contributed by atoms with Gasteiger partial charge >= 0.3 is 11.9 Å². The first-order chi connectivity index (χ1) is 16.4. The maximum atomic E-state index is 13.0. The highest BCUT2D eigenvalue weighted by molar-refractivity contribution is 14.1. The molecule has 1 heterocycles. The standard InChI is InChI=1S/C24H39IN2O8/c1-9-12(2)20(28)15(5)18-17(34-24(31)19(18)22(26-7)27-35-25)11-33-23(30)16(6)21(29)13(3)10-14(4)32-8/h12-19H,9-11H2,1-8H3,(H,26,27)/t12-,13?,14+,15?,16?,17?,18?,19?/m1/s1. The lowest BCUT2D eigenvalue weighted by Gasteiger charge is -2.28. The van der Waals surface area contributed by atoms with E-state index in [0.717, 1.165) is 0 Å². The number of aliphatic imine (C=N–C) groups is 1. The summed E-state index contributed by atoms with van der Waals surface area (Å²) in [5, 5.41) is 0. The Labute approximate surface area is 221 Å². The number of amidine groups is 1. The van der Waals surface area contributed by atoms with E-state index >= 15 is 0 Å². The molecule has 0 aromatic carbocycles. The van der Waals surface area contributed by atoms with E-state index in [1.807, 2.05) is 20.8 Å². The van der Waals surface area contributed by atoms with E-state index in [9.17, 15) is 19.2 Å².